The fourth-order valence-corrected chi connectivity index (χ4v) is 2.46. The van der Waals surface area contributed by atoms with Crippen LogP contribution in [0.15, 0.2) is 18.2 Å². The van der Waals surface area contributed by atoms with Crippen molar-refractivity contribution in [1.29, 1.82) is 0 Å². The highest BCUT2D eigenvalue weighted by molar-refractivity contribution is 6.35. The van der Waals surface area contributed by atoms with Crippen molar-refractivity contribution in [3.63, 3.8) is 0 Å². The molecule has 0 heterocycles. The number of alkyl carbamates (subject to hydrolysis) is 1. The molecule has 1 aromatic carbocycles. The third-order valence-electron chi connectivity index (χ3n) is 3.03. The molecule has 21 heavy (non-hydrogen) atoms. The van der Waals surface area contributed by atoms with Crippen LogP contribution < -0.4 is 5.32 Å². The second-order valence-electron chi connectivity index (χ2n) is 4.73. The number of nitrogens with one attached hydrogen (secondary N) is 1. The number of hydrogen-bond donors (Lipinski definition) is 2. The number of rotatable bonds is 7. The maximum Gasteiger partial charge on any atom is 0.407 e. The van der Waals surface area contributed by atoms with E-state index in [1.54, 1.807) is 25.1 Å². The van der Waals surface area contributed by atoms with Gasteiger partial charge in [-0.25, -0.2) is 4.79 Å². The molecule has 0 spiro atoms. The van der Waals surface area contributed by atoms with Gasteiger partial charge >= 0.3 is 6.09 Å². The molecule has 2 N–H and O–H groups in total. The van der Waals surface area contributed by atoms with Gasteiger partial charge in [-0.3, -0.25) is 0 Å². The third kappa shape index (κ3) is 5.73. The van der Waals surface area contributed by atoms with Gasteiger partial charge in [-0.05, 0) is 25.5 Å². The summed E-state index contributed by atoms with van der Waals surface area (Å²) in [4.78, 5) is 11.7. The van der Waals surface area contributed by atoms with E-state index in [0.717, 1.165) is 12.8 Å². The zero-order valence-corrected chi connectivity index (χ0v) is 13.7. The molecular formula is C15H21Cl2NO3. The van der Waals surface area contributed by atoms with Crippen molar-refractivity contribution in [2.45, 2.75) is 45.3 Å². The minimum atomic E-state index is -0.814. The molecule has 1 rings (SSSR count). The summed E-state index contributed by atoms with van der Waals surface area (Å²) in [6.07, 6.45) is 0.101. The Morgan fingerprint density at radius 3 is 2.67 bits per heavy atom. The van der Waals surface area contributed by atoms with Crippen LogP contribution in [0.4, 0.5) is 4.79 Å². The molecule has 0 aliphatic carbocycles. The topological polar surface area (TPSA) is 58.6 Å². The minimum Gasteiger partial charge on any atom is -0.439 e. The molecule has 0 aromatic heterocycles. The molecule has 0 aliphatic rings. The zero-order chi connectivity index (χ0) is 15.8. The van der Waals surface area contributed by atoms with Gasteiger partial charge in [-0.1, -0.05) is 49.0 Å². The summed E-state index contributed by atoms with van der Waals surface area (Å²) in [5.41, 5.74) is 0.552. The van der Waals surface area contributed by atoms with Crippen LogP contribution >= 0.6 is 23.2 Å². The molecule has 0 saturated carbocycles. The maximum absolute atomic E-state index is 11.7. The van der Waals surface area contributed by atoms with Crippen LogP contribution in [-0.2, 0) is 4.74 Å². The number of benzene rings is 1. The first-order chi connectivity index (χ1) is 9.99. The second-order valence-corrected chi connectivity index (χ2v) is 5.58. The molecule has 1 amide bonds. The normalized spacial score (nSPS) is 13.6. The van der Waals surface area contributed by atoms with E-state index < -0.39 is 18.3 Å². The van der Waals surface area contributed by atoms with E-state index in [1.807, 2.05) is 6.92 Å². The molecule has 0 fully saturated rings. The number of hydrogen-bond acceptors (Lipinski definition) is 3. The van der Waals surface area contributed by atoms with Crippen molar-refractivity contribution in [2.75, 3.05) is 6.54 Å². The largest absolute Gasteiger partial charge is 0.439 e. The second kappa shape index (κ2) is 9.13. The molecule has 0 aliphatic heterocycles. The summed E-state index contributed by atoms with van der Waals surface area (Å²) < 4.78 is 5.33. The summed E-state index contributed by atoms with van der Waals surface area (Å²) in [5, 5.41) is 13.7. The van der Waals surface area contributed by atoms with Crippen LogP contribution in [-0.4, -0.2) is 23.8 Å². The van der Waals surface area contributed by atoms with Crippen molar-refractivity contribution in [2.24, 2.45) is 0 Å². The van der Waals surface area contributed by atoms with E-state index >= 15 is 0 Å². The Morgan fingerprint density at radius 2 is 2.10 bits per heavy atom. The first-order valence-electron chi connectivity index (χ1n) is 7.07. The lowest BCUT2D eigenvalue weighted by Gasteiger charge is -2.24. The predicted molar refractivity (Wildman–Crippen MR) is 84.9 cm³/mol. The Bertz CT molecular complexity index is 468. The van der Waals surface area contributed by atoms with Crippen LogP contribution in [0.3, 0.4) is 0 Å². The van der Waals surface area contributed by atoms with E-state index in [1.165, 1.54) is 0 Å². The zero-order valence-electron chi connectivity index (χ0n) is 12.2. The van der Waals surface area contributed by atoms with Crippen molar-refractivity contribution in [3.05, 3.63) is 33.8 Å². The summed E-state index contributed by atoms with van der Waals surface area (Å²) in [5.74, 6) is 0. The molecule has 118 valence electrons. The lowest BCUT2D eigenvalue weighted by molar-refractivity contribution is -0.00338. The molecular weight excluding hydrogens is 313 g/mol. The van der Waals surface area contributed by atoms with Crippen LogP contribution in [0, 0.1) is 0 Å². The SMILES string of the molecule is CCCC[C@H](O)[C@@H](OC(=O)NCC)c1ccc(Cl)cc1Cl. The number of aliphatic hydroxyl groups is 1. The van der Waals surface area contributed by atoms with E-state index in [9.17, 15) is 9.90 Å². The highest BCUT2D eigenvalue weighted by atomic mass is 35.5. The summed E-state index contributed by atoms with van der Waals surface area (Å²) in [6, 6.07) is 4.90. The van der Waals surface area contributed by atoms with Gasteiger partial charge in [0.1, 0.15) is 0 Å². The maximum atomic E-state index is 11.7. The first kappa shape index (κ1) is 18.1. The molecule has 0 bridgehead atoms. The summed E-state index contributed by atoms with van der Waals surface area (Å²) >= 11 is 12.0. The van der Waals surface area contributed by atoms with Gasteiger partial charge in [-0.2, -0.15) is 0 Å². The van der Waals surface area contributed by atoms with Crippen molar-refractivity contribution >= 4 is 29.3 Å². The minimum absolute atomic E-state index is 0.368. The fourth-order valence-electron chi connectivity index (χ4n) is 1.95. The van der Waals surface area contributed by atoms with Gasteiger partial charge in [0.25, 0.3) is 0 Å². The molecule has 1 aromatic rings. The van der Waals surface area contributed by atoms with Gasteiger partial charge in [0.05, 0.1) is 6.10 Å². The average Bonchev–Trinajstić information content (AvgIpc) is 2.43. The van der Waals surface area contributed by atoms with E-state index in [4.69, 9.17) is 27.9 Å². The Hall–Kier alpha value is -0.970. The lowest BCUT2D eigenvalue weighted by atomic mass is 10.00. The van der Waals surface area contributed by atoms with E-state index in [-0.39, 0.29) is 0 Å². The monoisotopic (exact) mass is 333 g/mol. The average molecular weight is 334 g/mol. The Balaban J connectivity index is 2.96. The number of carbonyl (C=O) groups is 1. The van der Waals surface area contributed by atoms with E-state index in [2.05, 4.69) is 5.32 Å². The number of aliphatic hydroxyl groups excluding tert-OH is 1. The van der Waals surface area contributed by atoms with Crippen LogP contribution in [0.2, 0.25) is 10.0 Å². The molecule has 0 radical (unpaired) electrons. The highest BCUT2D eigenvalue weighted by Crippen LogP contribution is 2.32. The van der Waals surface area contributed by atoms with E-state index in [0.29, 0.717) is 28.6 Å². The number of amides is 1. The lowest BCUT2D eigenvalue weighted by Crippen LogP contribution is -2.30. The first-order valence-corrected chi connectivity index (χ1v) is 7.82. The van der Waals surface area contributed by atoms with Gasteiger partial charge in [-0.15, -0.1) is 0 Å². The molecule has 0 saturated heterocycles. The van der Waals surface area contributed by atoms with Crippen LogP contribution in [0.1, 0.15) is 44.8 Å². The highest BCUT2D eigenvalue weighted by Gasteiger charge is 2.27. The van der Waals surface area contributed by atoms with Crippen LogP contribution in [0.25, 0.3) is 0 Å². The van der Waals surface area contributed by atoms with Gasteiger partial charge < -0.3 is 15.2 Å². The van der Waals surface area contributed by atoms with Crippen LogP contribution in [0.5, 0.6) is 0 Å². The molecule has 6 heteroatoms. The molecule has 0 unspecified atom stereocenters. The molecule has 2 atom stereocenters. The van der Waals surface area contributed by atoms with Crippen molar-refractivity contribution in [3.8, 4) is 0 Å². The summed E-state index contributed by atoms with van der Waals surface area (Å²) in [6.45, 7) is 4.27. The Labute approximate surface area is 135 Å². The van der Waals surface area contributed by atoms with Gasteiger partial charge in [0.2, 0.25) is 0 Å². The predicted octanol–water partition coefficient (Wildman–Crippen LogP) is 4.33. The standard InChI is InChI=1S/C15H21Cl2NO3/c1-3-5-6-13(19)14(21-15(20)18-4-2)11-8-7-10(16)9-12(11)17/h7-9,13-14,19H,3-6H2,1-2H3,(H,18,20)/t13-,14-/m0/s1. The fraction of sp³-hybridized carbons (Fsp3) is 0.533. The number of ether oxygens (including phenoxy) is 1. The number of halogens is 2. The van der Waals surface area contributed by atoms with Crippen molar-refractivity contribution in [1.82, 2.24) is 5.32 Å². The Kier molecular flexibility index (Phi) is 7.86. The smallest absolute Gasteiger partial charge is 0.407 e. The molecule has 4 nitrogen and oxygen atoms in total. The summed E-state index contributed by atoms with van der Waals surface area (Å²) in [7, 11) is 0. The Morgan fingerprint density at radius 1 is 1.38 bits per heavy atom. The van der Waals surface area contributed by atoms with Crippen molar-refractivity contribution < 1.29 is 14.6 Å². The van der Waals surface area contributed by atoms with Gasteiger partial charge in [0.15, 0.2) is 6.10 Å². The quantitative estimate of drug-likeness (QED) is 0.780. The number of carbonyl (C=O) groups excluding carboxylic acids is 1. The number of unbranched alkanes of at least 4 members (excludes halogenated alkanes) is 1. The van der Waals surface area contributed by atoms with Gasteiger partial charge in [0, 0.05) is 22.2 Å². The third-order valence-corrected chi connectivity index (χ3v) is 3.59.